The van der Waals surface area contributed by atoms with E-state index in [4.69, 9.17) is 11.6 Å². The normalized spacial score (nSPS) is 26.4. The first-order valence-corrected chi connectivity index (χ1v) is 10.4. The van der Waals surface area contributed by atoms with E-state index < -0.39 is 17.5 Å². The van der Waals surface area contributed by atoms with Crippen LogP contribution in [-0.2, 0) is 6.42 Å². The molecule has 0 nitrogen and oxygen atoms in total. The summed E-state index contributed by atoms with van der Waals surface area (Å²) in [4.78, 5) is 0. The van der Waals surface area contributed by atoms with Crippen molar-refractivity contribution in [2.75, 3.05) is 0 Å². The van der Waals surface area contributed by atoms with Gasteiger partial charge in [0.25, 0.3) is 0 Å². The van der Waals surface area contributed by atoms with E-state index in [0.717, 1.165) is 49.3 Å². The third-order valence-electron chi connectivity index (χ3n) is 6.73. The van der Waals surface area contributed by atoms with Crippen LogP contribution in [0.25, 0.3) is 0 Å². The molecule has 1 saturated carbocycles. The van der Waals surface area contributed by atoms with E-state index in [2.05, 4.69) is 6.58 Å². The molecule has 0 radical (unpaired) electrons. The molecule has 0 spiro atoms. The molecule has 2 aromatic carbocycles. The Bertz CT molecular complexity index is 892. The Morgan fingerprint density at radius 1 is 1.04 bits per heavy atom. The van der Waals surface area contributed by atoms with E-state index in [1.807, 2.05) is 12.1 Å². The Labute approximate surface area is 169 Å². The van der Waals surface area contributed by atoms with Gasteiger partial charge in [0, 0.05) is 6.07 Å². The van der Waals surface area contributed by atoms with Crippen molar-refractivity contribution in [3.8, 4) is 0 Å². The van der Waals surface area contributed by atoms with Crippen LogP contribution < -0.4 is 0 Å². The highest BCUT2D eigenvalue weighted by atomic mass is 35.5. The second-order valence-corrected chi connectivity index (χ2v) is 8.57. The van der Waals surface area contributed by atoms with Crippen molar-refractivity contribution in [1.82, 2.24) is 0 Å². The maximum atomic E-state index is 14.3. The first kappa shape index (κ1) is 19.6. The minimum atomic E-state index is -0.514. The van der Waals surface area contributed by atoms with Gasteiger partial charge in [-0.05, 0) is 97.1 Å². The minimum Gasteiger partial charge on any atom is -0.207 e. The maximum absolute atomic E-state index is 14.3. The zero-order valence-electron chi connectivity index (χ0n) is 15.7. The summed E-state index contributed by atoms with van der Waals surface area (Å²) in [6, 6.07) is 7.59. The number of fused-ring (bicyclic) bond motifs is 3. The number of halogens is 4. The van der Waals surface area contributed by atoms with Gasteiger partial charge in [-0.15, -0.1) is 6.58 Å². The second kappa shape index (κ2) is 7.94. The van der Waals surface area contributed by atoms with Gasteiger partial charge in [-0.3, -0.25) is 0 Å². The highest BCUT2D eigenvalue weighted by molar-refractivity contribution is 6.30. The lowest BCUT2D eigenvalue weighted by atomic mass is 9.57. The second-order valence-electron chi connectivity index (χ2n) is 8.17. The summed E-state index contributed by atoms with van der Waals surface area (Å²) in [5.41, 5.74) is 2.43. The molecule has 0 amide bonds. The number of benzene rings is 2. The fraction of sp³-hybridized carbons (Fsp3) is 0.417. The van der Waals surface area contributed by atoms with Crippen LogP contribution in [0.15, 0.2) is 43.0 Å². The van der Waals surface area contributed by atoms with Crippen LogP contribution in [0, 0.1) is 29.3 Å². The average Bonchev–Trinajstić information content (AvgIpc) is 2.67. The minimum absolute atomic E-state index is 0.109. The van der Waals surface area contributed by atoms with Gasteiger partial charge in [0.05, 0.1) is 5.02 Å². The van der Waals surface area contributed by atoms with E-state index >= 15 is 0 Å². The predicted octanol–water partition coefficient (Wildman–Crippen LogP) is 7.56. The largest absolute Gasteiger partial charge is 0.207 e. The fourth-order valence-electron chi connectivity index (χ4n) is 5.58. The van der Waals surface area contributed by atoms with Crippen LogP contribution in [0.3, 0.4) is 0 Å². The molecule has 28 heavy (non-hydrogen) atoms. The van der Waals surface area contributed by atoms with Crippen LogP contribution >= 0.6 is 11.6 Å². The molecule has 4 rings (SSSR count). The van der Waals surface area contributed by atoms with Crippen LogP contribution in [0.1, 0.15) is 60.6 Å². The molecule has 0 unspecified atom stereocenters. The fourth-order valence-corrected chi connectivity index (χ4v) is 5.70. The van der Waals surface area contributed by atoms with Crippen molar-refractivity contribution in [3.05, 3.63) is 82.2 Å². The molecule has 0 aliphatic heterocycles. The van der Waals surface area contributed by atoms with Crippen molar-refractivity contribution in [2.45, 2.75) is 50.4 Å². The lowest BCUT2D eigenvalue weighted by Gasteiger charge is -2.47. The van der Waals surface area contributed by atoms with Gasteiger partial charge in [-0.1, -0.05) is 23.7 Å². The highest BCUT2D eigenvalue weighted by Gasteiger charge is 2.43. The van der Waals surface area contributed by atoms with E-state index in [1.165, 1.54) is 6.07 Å². The monoisotopic (exact) mass is 404 g/mol. The molecular formula is C24H24ClF3. The Morgan fingerprint density at radius 2 is 1.86 bits per heavy atom. The van der Waals surface area contributed by atoms with Gasteiger partial charge in [0.15, 0.2) is 0 Å². The lowest BCUT2D eigenvalue weighted by molar-refractivity contribution is 0.161. The van der Waals surface area contributed by atoms with Crippen molar-refractivity contribution in [3.63, 3.8) is 0 Å². The molecule has 148 valence electrons. The Balaban J connectivity index is 1.75. The van der Waals surface area contributed by atoms with Gasteiger partial charge in [-0.2, -0.15) is 0 Å². The standard InChI is InChI=1S/C24H24ClF3/c1-2-3-4-14-5-7-17-19(24(14)15-6-10-21(25)23(28)11-15)9-8-18-20(17)12-16(26)13-22(18)27/h2,6,10-14,17,19,24H,1,3-5,7-9H2/t14-,17-,19+,24-/m1/s1. The highest BCUT2D eigenvalue weighted by Crippen LogP contribution is 2.55. The van der Waals surface area contributed by atoms with Crippen LogP contribution in [0.4, 0.5) is 13.2 Å². The smallest absolute Gasteiger partial charge is 0.142 e. The topological polar surface area (TPSA) is 0 Å². The SMILES string of the molecule is C=CCC[C@@H]1CC[C@H]2c3cc(F)cc(F)c3CC[C@@H]2[C@H]1c1ccc(Cl)c(F)c1. The Kier molecular flexibility index (Phi) is 5.55. The van der Waals surface area contributed by atoms with Crippen LogP contribution in [-0.4, -0.2) is 0 Å². The Morgan fingerprint density at radius 3 is 2.61 bits per heavy atom. The summed E-state index contributed by atoms with van der Waals surface area (Å²) in [5.74, 6) is -0.437. The molecule has 4 heteroatoms. The number of rotatable bonds is 4. The molecule has 2 aromatic rings. The molecule has 0 bridgehead atoms. The molecular weight excluding hydrogens is 381 g/mol. The third-order valence-corrected chi connectivity index (χ3v) is 7.03. The third kappa shape index (κ3) is 3.50. The average molecular weight is 405 g/mol. The van der Waals surface area contributed by atoms with Gasteiger partial charge in [0.1, 0.15) is 17.5 Å². The van der Waals surface area contributed by atoms with Gasteiger partial charge >= 0.3 is 0 Å². The van der Waals surface area contributed by atoms with E-state index in [0.29, 0.717) is 17.9 Å². The van der Waals surface area contributed by atoms with E-state index in [9.17, 15) is 13.2 Å². The number of allylic oxidation sites excluding steroid dienone is 1. The van der Waals surface area contributed by atoms with Crippen molar-refractivity contribution < 1.29 is 13.2 Å². The molecule has 2 aliphatic rings. The summed E-state index contributed by atoms with van der Waals surface area (Å²) in [7, 11) is 0. The molecule has 0 heterocycles. The van der Waals surface area contributed by atoms with Gasteiger partial charge in [0.2, 0.25) is 0 Å². The van der Waals surface area contributed by atoms with Crippen molar-refractivity contribution >= 4 is 11.6 Å². The summed E-state index contributed by atoms with van der Waals surface area (Å²) < 4.78 is 42.5. The zero-order valence-corrected chi connectivity index (χ0v) is 16.5. The number of hydrogen-bond acceptors (Lipinski definition) is 0. The van der Waals surface area contributed by atoms with Gasteiger partial charge in [-0.25, -0.2) is 13.2 Å². The van der Waals surface area contributed by atoms with E-state index in [-0.39, 0.29) is 22.8 Å². The molecule has 0 saturated heterocycles. The Hall–Kier alpha value is -1.74. The molecule has 1 fully saturated rings. The first-order valence-electron chi connectivity index (χ1n) is 10.0. The summed E-state index contributed by atoms with van der Waals surface area (Å²) in [6.45, 7) is 3.84. The molecule has 2 aliphatic carbocycles. The predicted molar refractivity (Wildman–Crippen MR) is 107 cm³/mol. The first-order chi connectivity index (χ1) is 13.5. The molecule has 0 N–H and O–H groups in total. The number of hydrogen-bond donors (Lipinski definition) is 0. The van der Waals surface area contributed by atoms with Crippen LogP contribution in [0.5, 0.6) is 0 Å². The maximum Gasteiger partial charge on any atom is 0.142 e. The quantitative estimate of drug-likeness (QED) is 0.461. The summed E-state index contributed by atoms with van der Waals surface area (Å²) in [5, 5.41) is 0.122. The van der Waals surface area contributed by atoms with E-state index in [1.54, 1.807) is 12.1 Å². The van der Waals surface area contributed by atoms with Crippen molar-refractivity contribution in [2.24, 2.45) is 11.8 Å². The lowest BCUT2D eigenvalue weighted by Crippen LogP contribution is -2.35. The van der Waals surface area contributed by atoms with Gasteiger partial charge < -0.3 is 0 Å². The molecule has 4 atom stereocenters. The zero-order chi connectivity index (χ0) is 19.8. The molecule has 0 aromatic heterocycles. The summed E-state index contributed by atoms with van der Waals surface area (Å²) in [6.07, 6.45) is 7.13. The summed E-state index contributed by atoms with van der Waals surface area (Å²) >= 11 is 5.91. The van der Waals surface area contributed by atoms with Crippen molar-refractivity contribution in [1.29, 1.82) is 0 Å². The van der Waals surface area contributed by atoms with Crippen LogP contribution in [0.2, 0.25) is 5.02 Å².